The van der Waals surface area contributed by atoms with Crippen LogP contribution in [0.1, 0.15) is 48.4 Å². The van der Waals surface area contributed by atoms with Crippen molar-refractivity contribution in [2.24, 2.45) is 11.8 Å². The Labute approximate surface area is 119 Å². The normalized spacial score (nSPS) is 11.3. The van der Waals surface area contributed by atoms with Crippen LogP contribution in [-0.4, -0.2) is 11.6 Å². The van der Waals surface area contributed by atoms with Crippen molar-refractivity contribution in [1.82, 2.24) is 0 Å². The van der Waals surface area contributed by atoms with E-state index >= 15 is 0 Å². The van der Waals surface area contributed by atoms with Crippen molar-refractivity contribution in [2.75, 3.05) is 0 Å². The highest BCUT2D eigenvalue weighted by Crippen LogP contribution is 2.24. The molecular formula is C18H20O2. The van der Waals surface area contributed by atoms with Crippen molar-refractivity contribution in [3.63, 3.8) is 0 Å². The summed E-state index contributed by atoms with van der Waals surface area (Å²) < 4.78 is 0. The Morgan fingerprint density at radius 2 is 1.10 bits per heavy atom. The molecule has 0 atom stereocenters. The van der Waals surface area contributed by atoms with Gasteiger partial charge in [0, 0.05) is 23.0 Å². The number of fused-ring (bicyclic) bond motifs is 1. The van der Waals surface area contributed by atoms with E-state index in [1.807, 2.05) is 64.1 Å². The monoisotopic (exact) mass is 268 g/mol. The molecule has 0 unspecified atom stereocenters. The first-order chi connectivity index (χ1) is 9.41. The molecular weight excluding hydrogens is 248 g/mol. The van der Waals surface area contributed by atoms with Crippen LogP contribution in [0.4, 0.5) is 0 Å². The van der Waals surface area contributed by atoms with Crippen LogP contribution in [0.5, 0.6) is 0 Å². The molecule has 0 N–H and O–H groups in total. The Hall–Kier alpha value is -1.96. The predicted octanol–water partition coefficient (Wildman–Crippen LogP) is 4.52. The molecule has 0 bridgehead atoms. The minimum atomic E-state index is -0.116. The Morgan fingerprint density at radius 3 is 1.40 bits per heavy atom. The van der Waals surface area contributed by atoms with Crippen LogP contribution < -0.4 is 0 Å². The van der Waals surface area contributed by atoms with Gasteiger partial charge in [-0.05, 0) is 22.9 Å². The lowest BCUT2D eigenvalue weighted by Gasteiger charge is -2.13. The highest BCUT2D eigenvalue weighted by molar-refractivity contribution is 6.12. The van der Waals surface area contributed by atoms with E-state index in [0.717, 1.165) is 10.8 Å². The zero-order valence-electron chi connectivity index (χ0n) is 12.4. The van der Waals surface area contributed by atoms with Gasteiger partial charge in [-0.1, -0.05) is 52.0 Å². The molecule has 0 heterocycles. The molecule has 0 aromatic heterocycles. The summed E-state index contributed by atoms with van der Waals surface area (Å²) >= 11 is 0. The van der Waals surface area contributed by atoms with Crippen LogP contribution in [0.3, 0.4) is 0 Å². The number of carbonyl (C=O) groups is 2. The van der Waals surface area contributed by atoms with Crippen LogP contribution >= 0.6 is 0 Å². The number of hydrogen-bond acceptors (Lipinski definition) is 2. The van der Waals surface area contributed by atoms with E-state index in [9.17, 15) is 9.59 Å². The third kappa shape index (κ3) is 2.64. The molecule has 0 radical (unpaired) electrons. The van der Waals surface area contributed by atoms with Crippen LogP contribution in [0, 0.1) is 11.8 Å². The zero-order valence-corrected chi connectivity index (χ0v) is 12.4. The summed E-state index contributed by atoms with van der Waals surface area (Å²) in [6.07, 6.45) is 0. The molecule has 2 aromatic rings. The highest BCUT2D eigenvalue weighted by Gasteiger charge is 2.21. The molecule has 0 aliphatic heterocycles. The molecule has 20 heavy (non-hydrogen) atoms. The quantitative estimate of drug-likeness (QED) is 0.764. The summed E-state index contributed by atoms with van der Waals surface area (Å²) in [5.41, 5.74) is 1.11. The van der Waals surface area contributed by atoms with Gasteiger partial charge in [-0.3, -0.25) is 9.59 Å². The maximum atomic E-state index is 12.4. The minimum Gasteiger partial charge on any atom is -0.294 e. The Bertz CT molecular complexity index is 608. The zero-order chi connectivity index (χ0) is 14.9. The first kappa shape index (κ1) is 14.4. The van der Waals surface area contributed by atoms with E-state index in [1.54, 1.807) is 0 Å². The molecule has 2 nitrogen and oxygen atoms in total. The van der Waals surface area contributed by atoms with E-state index in [1.165, 1.54) is 0 Å². The average Bonchev–Trinajstić information content (AvgIpc) is 2.44. The summed E-state index contributed by atoms with van der Waals surface area (Å²) in [6.45, 7) is 7.45. The molecule has 2 aromatic carbocycles. The molecule has 2 rings (SSSR count). The number of rotatable bonds is 4. The van der Waals surface area contributed by atoms with E-state index in [-0.39, 0.29) is 23.4 Å². The van der Waals surface area contributed by atoms with Gasteiger partial charge in [0.25, 0.3) is 0 Å². The summed E-state index contributed by atoms with van der Waals surface area (Å²) in [6, 6.07) is 11.5. The molecule has 0 spiro atoms. The Balaban J connectivity index is 2.71. The predicted molar refractivity (Wildman–Crippen MR) is 82.3 cm³/mol. The molecule has 0 saturated carbocycles. The first-order valence-corrected chi connectivity index (χ1v) is 7.03. The third-order valence-corrected chi connectivity index (χ3v) is 3.47. The third-order valence-electron chi connectivity index (χ3n) is 3.47. The topological polar surface area (TPSA) is 34.1 Å². The van der Waals surface area contributed by atoms with E-state index in [2.05, 4.69) is 0 Å². The van der Waals surface area contributed by atoms with Crippen LogP contribution in [-0.2, 0) is 0 Å². The van der Waals surface area contributed by atoms with Gasteiger partial charge >= 0.3 is 0 Å². The van der Waals surface area contributed by atoms with Gasteiger partial charge in [0.2, 0.25) is 0 Å². The van der Waals surface area contributed by atoms with Gasteiger partial charge in [0.15, 0.2) is 11.6 Å². The smallest absolute Gasteiger partial charge is 0.166 e. The average molecular weight is 268 g/mol. The fourth-order valence-corrected chi connectivity index (χ4v) is 2.27. The van der Waals surface area contributed by atoms with Gasteiger partial charge in [0.05, 0.1) is 0 Å². The standard InChI is InChI=1S/C18H20O2/c1-11(2)17(19)15-9-13-7-5-6-8-14(13)10-16(15)18(20)12(3)4/h5-12H,1-4H3. The Morgan fingerprint density at radius 1 is 0.750 bits per heavy atom. The molecule has 0 fully saturated rings. The van der Waals surface area contributed by atoms with Crippen LogP contribution in [0.15, 0.2) is 36.4 Å². The largest absolute Gasteiger partial charge is 0.294 e. The maximum absolute atomic E-state index is 12.4. The first-order valence-electron chi connectivity index (χ1n) is 7.03. The van der Waals surface area contributed by atoms with E-state index < -0.39 is 0 Å². The van der Waals surface area contributed by atoms with Crippen LogP contribution in [0.2, 0.25) is 0 Å². The molecule has 2 heteroatoms. The molecule has 0 aliphatic carbocycles. The lowest BCUT2D eigenvalue weighted by Crippen LogP contribution is -2.16. The Kier molecular flexibility index (Phi) is 4.03. The summed E-state index contributed by atoms with van der Waals surface area (Å²) in [7, 11) is 0. The van der Waals surface area contributed by atoms with Gasteiger partial charge in [-0.2, -0.15) is 0 Å². The SMILES string of the molecule is CC(C)C(=O)c1cc2ccccc2cc1C(=O)C(C)C. The maximum Gasteiger partial charge on any atom is 0.166 e. The van der Waals surface area contributed by atoms with Gasteiger partial charge in [0.1, 0.15) is 0 Å². The van der Waals surface area contributed by atoms with Gasteiger partial charge < -0.3 is 0 Å². The lowest BCUT2D eigenvalue weighted by atomic mass is 9.88. The van der Waals surface area contributed by atoms with Gasteiger partial charge in [-0.25, -0.2) is 0 Å². The van der Waals surface area contributed by atoms with Crippen molar-refractivity contribution in [3.05, 3.63) is 47.5 Å². The van der Waals surface area contributed by atoms with Crippen LogP contribution in [0.25, 0.3) is 10.8 Å². The highest BCUT2D eigenvalue weighted by atomic mass is 16.1. The van der Waals surface area contributed by atoms with Crippen molar-refractivity contribution in [1.29, 1.82) is 0 Å². The number of benzene rings is 2. The van der Waals surface area contributed by atoms with Crippen molar-refractivity contribution in [2.45, 2.75) is 27.7 Å². The van der Waals surface area contributed by atoms with Gasteiger partial charge in [-0.15, -0.1) is 0 Å². The lowest BCUT2D eigenvalue weighted by molar-refractivity contribution is 0.0906. The molecule has 0 aliphatic rings. The summed E-state index contributed by atoms with van der Waals surface area (Å²) in [4.78, 5) is 24.8. The summed E-state index contributed by atoms with van der Waals surface area (Å²) in [5.74, 6) is -0.177. The second kappa shape index (κ2) is 5.58. The second-order valence-corrected chi connectivity index (χ2v) is 5.78. The van der Waals surface area contributed by atoms with E-state index in [4.69, 9.17) is 0 Å². The number of hydrogen-bond donors (Lipinski definition) is 0. The minimum absolute atomic E-state index is 0.0275. The number of Topliss-reactive ketones (excluding diaryl/α,β-unsaturated/α-hetero) is 2. The van der Waals surface area contributed by atoms with E-state index in [0.29, 0.717) is 11.1 Å². The van der Waals surface area contributed by atoms with Crippen molar-refractivity contribution in [3.8, 4) is 0 Å². The van der Waals surface area contributed by atoms with Crippen molar-refractivity contribution < 1.29 is 9.59 Å². The molecule has 104 valence electrons. The fourth-order valence-electron chi connectivity index (χ4n) is 2.27. The fraction of sp³-hybridized carbons (Fsp3) is 0.333. The second-order valence-electron chi connectivity index (χ2n) is 5.78. The summed E-state index contributed by atoms with van der Waals surface area (Å²) in [5, 5.41) is 1.99. The molecule has 0 amide bonds. The molecule has 0 saturated heterocycles. The number of ketones is 2. The number of carbonyl (C=O) groups excluding carboxylic acids is 2. The van der Waals surface area contributed by atoms with Crippen molar-refractivity contribution >= 4 is 22.3 Å².